The van der Waals surface area contributed by atoms with Crippen molar-refractivity contribution in [2.24, 2.45) is 0 Å². The molecule has 0 aliphatic heterocycles. The number of esters is 1. The average Bonchev–Trinajstić information content (AvgIpc) is 2.45. The van der Waals surface area contributed by atoms with Crippen LogP contribution in [0, 0.1) is 13.8 Å². The zero-order valence-electron chi connectivity index (χ0n) is 12.2. The summed E-state index contributed by atoms with van der Waals surface area (Å²) in [4.78, 5) is 35.2. The average molecular weight is 447 g/mol. The summed E-state index contributed by atoms with van der Waals surface area (Å²) < 4.78 is 3.09. The van der Waals surface area contributed by atoms with Gasteiger partial charge in [0.2, 0.25) is 0 Å². The lowest BCUT2D eigenvalue weighted by molar-refractivity contribution is -0.119. The van der Waals surface area contributed by atoms with Crippen molar-refractivity contribution >= 4 is 74.3 Å². The highest BCUT2D eigenvalue weighted by molar-refractivity contribution is 9.10. The van der Waals surface area contributed by atoms with Crippen LogP contribution in [0.2, 0.25) is 0 Å². The van der Waals surface area contributed by atoms with E-state index in [1.165, 1.54) is 13.2 Å². The molecule has 0 unspecified atom stereocenters. The van der Waals surface area contributed by atoms with Gasteiger partial charge in [-0.3, -0.25) is 10.1 Å². The number of urea groups is 1. The molecule has 1 rings (SSSR count). The molecule has 23 heavy (non-hydrogen) atoms. The van der Waals surface area contributed by atoms with Gasteiger partial charge >= 0.3 is 12.0 Å². The maximum absolute atomic E-state index is 11.9. The fourth-order valence-corrected chi connectivity index (χ4v) is 2.16. The second kappa shape index (κ2) is 7.70. The molecule has 10 heteroatoms. The van der Waals surface area contributed by atoms with Crippen molar-refractivity contribution in [2.75, 3.05) is 12.4 Å². The third-order valence-electron chi connectivity index (χ3n) is 2.81. The van der Waals surface area contributed by atoms with Crippen LogP contribution in [-0.4, -0.2) is 28.8 Å². The van der Waals surface area contributed by atoms with Crippen molar-refractivity contribution in [1.29, 1.82) is 0 Å². The van der Waals surface area contributed by atoms with Gasteiger partial charge in [0.25, 0.3) is 9.70 Å². The summed E-state index contributed by atoms with van der Waals surface area (Å²) in [6.07, 6.45) is 0. The topological polar surface area (TPSA) is 84.5 Å². The number of imide groups is 1. The maximum Gasteiger partial charge on any atom is 0.339 e. The summed E-state index contributed by atoms with van der Waals surface area (Å²) in [5.74, 6) is -1.77. The first-order valence-electron chi connectivity index (χ1n) is 6.06. The fourth-order valence-electron chi connectivity index (χ4n) is 1.71. The van der Waals surface area contributed by atoms with Crippen LogP contribution in [0.1, 0.15) is 21.5 Å². The number of halogens is 4. The molecule has 126 valence electrons. The molecule has 0 aliphatic carbocycles. The molecule has 0 bridgehead atoms. The molecular formula is C13H12BrCl3N2O4. The van der Waals surface area contributed by atoms with Crippen molar-refractivity contribution in [3.63, 3.8) is 0 Å². The Bertz CT molecular complexity index is 674. The summed E-state index contributed by atoms with van der Waals surface area (Å²) in [7, 11) is 1.21. The highest BCUT2D eigenvalue weighted by atomic mass is 79.9. The van der Waals surface area contributed by atoms with E-state index < -0.39 is 21.7 Å². The van der Waals surface area contributed by atoms with Crippen LogP contribution in [0.3, 0.4) is 0 Å². The first kappa shape index (κ1) is 20.0. The number of benzene rings is 1. The first-order chi connectivity index (χ1) is 10.5. The van der Waals surface area contributed by atoms with Crippen molar-refractivity contribution < 1.29 is 19.1 Å². The van der Waals surface area contributed by atoms with Gasteiger partial charge in [-0.2, -0.15) is 0 Å². The van der Waals surface area contributed by atoms with Crippen LogP contribution < -0.4 is 10.6 Å². The van der Waals surface area contributed by atoms with Gasteiger partial charge in [-0.1, -0.05) is 50.7 Å². The summed E-state index contributed by atoms with van der Waals surface area (Å²) in [6.45, 7) is 3.45. The Labute approximate surface area is 155 Å². The number of carbonyl (C=O) groups is 3. The Hall–Kier alpha value is -1.02. The number of methoxy groups -OCH3 is 1. The predicted octanol–water partition coefficient (Wildman–Crippen LogP) is 3.87. The third-order valence-corrected chi connectivity index (χ3v) is 4.54. The Kier molecular flexibility index (Phi) is 6.70. The summed E-state index contributed by atoms with van der Waals surface area (Å²) >= 11 is 19.5. The zero-order valence-corrected chi connectivity index (χ0v) is 16.1. The molecule has 3 amide bonds. The lowest BCUT2D eigenvalue weighted by Gasteiger charge is -2.17. The second-order valence-corrected chi connectivity index (χ2v) is 7.53. The molecule has 0 atom stereocenters. The van der Waals surface area contributed by atoms with Gasteiger partial charge in [-0.25, -0.2) is 9.59 Å². The first-order valence-corrected chi connectivity index (χ1v) is 7.98. The van der Waals surface area contributed by atoms with Crippen molar-refractivity contribution in [2.45, 2.75) is 17.6 Å². The second-order valence-electron chi connectivity index (χ2n) is 4.45. The van der Waals surface area contributed by atoms with Gasteiger partial charge in [0.05, 0.1) is 18.4 Å². The molecule has 0 heterocycles. The fraction of sp³-hybridized carbons (Fsp3) is 0.308. The standard InChI is InChI=1S/C13H12BrCl3N2O4/c1-5-4-7(10(20)23-3)9(6(2)8(5)14)18-12(22)19-11(21)13(15,16)17/h4H,1-3H3,(H2,18,19,21,22). The number of nitrogens with one attached hydrogen (secondary N) is 2. The maximum atomic E-state index is 11.9. The van der Waals surface area contributed by atoms with Crippen LogP contribution in [0.4, 0.5) is 10.5 Å². The van der Waals surface area contributed by atoms with E-state index in [4.69, 9.17) is 34.8 Å². The van der Waals surface area contributed by atoms with E-state index in [0.717, 1.165) is 5.56 Å². The van der Waals surface area contributed by atoms with Crippen molar-refractivity contribution in [3.8, 4) is 0 Å². The van der Waals surface area contributed by atoms with Gasteiger partial charge in [-0.15, -0.1) is 0 Å². The lowest BCUT2D eigenvalue weighted by atomic mass is 10.0. The van der Waals surface area contributed by atoms with Gasteiger partial charge in [0.15, 0.2) is 0 Å². The van der Waals surface area contributed by atoms with E-state index in [9.17, 15) is 14.4 Å². The molecule has 0 saturated heterocycles. The SMILES string of the molecule is COC(=O)c1cc(C)c(Br)c(C)c1NC(=O)NC(=O)C(Cl)(Cl)Cl. The minimum absolute atomic E-state index is 0.127. The van der Waals surface area contributed by atoms with Gasteiger partial charge in [0, 0.05) is 4.47 Å². The predicted molar refractivity (Wildman–Crippen MR) is 92.4 cm³/mol. The van der Waals surface area contributed by atoms with E-state index >= 15 is 0 Å². The van der Waals surface area contributed by atoms with Gasteiger partial charge < -0.3 is 10.1 Å². The normalized spacial score (nSPS) is 10.9. The molecule has 1 aromatic carbocycles. The Balaban J connectivity index is 3.17. The molecule has 0 aromatic heterocycles. The van der Waals surface area contributed by atoms with E-state index in [0.29, 0.717) is 10.0 Å². The Morgan fingerprint density at radius 2 is 1.78 bits per heavy atom. The molecule has 0 saturated carbocycles. The quantitative estimate of drug-likeness (QED) is 0.534. The minimum atomic E-state index is -2.29. The van der Waals surface area contributed by atoms with E-state index in [1.807, 2.05) is 5.32 Å². The molecule has 0 spiro atoms. The summed E-state index contributed by atoms with van der Waals surface area (Å²) in [5.41, 5.74) is 1.64. The lowest BCUT2D eigenvalue weighted by Crippen LogP contribution is -2.41. The van der Waals surface area contributed by atoms with E-state index in [1.54, 1.807) is 13.8 Å². The van der Waals surface area contributed by atoms with Crippen LogP contribution >= 0.6 is 50.7 Å². The number of anilines is 1. The number of ether oxygens (including phenoxy) is 1. The largest absolute Gasteiger partial charge is 0.465 e. The van der Waals surface area contributed by atoms with Gasteiger partial charge in [-0.05, 0) is 31.0 Å². The molecule has 1 aromatic rings. The molecule has 0 aliphatic rings. The monoisotopic (exact) mass is 444 g/mol. The summed E-state index contributed by atoms with van der Waals surface area (Å²) in [6, 6.07) is 0.584. The number of hydrogen-bond donors (Lipinski definition) is 2. The number of hydrogen-bond acceptors (Lipinski definition) is 4. The minimum Gasteiger partial charge on any atom is -0.465 e. The van der Waals surface area contributed by atoms with Crippen LogP contribution in [-0.2, 0) is 9.53 Å². The Morgan fingerprint density at radius 1 is 1.22 bits per heavy atom. The van der Waals surface area contributed by atoms with Crippen LogP contribution in [0.25, 0.3) is 0 Å². The molecule has 6 nitrogen and oxygen atoms in total. The van der Waals surface area contributed by atoms with Crippen molar-refractivity contribution in [3.05, 3.63) is 27.2 Å². The van der Waals surface area contributed by atoms with Crippen LogP contribution in [0.15, 0.2) is 10.5 Å². The summed E-state index contributed by atoms with van der Waals surface area (Å²) in [5, 5.41) is 4.25. The third kappa shape index (κ3) is 4.97. The smallest absolute Gasteiger partial charge is 0.339 e. The Morgan fingerprint density at radius 3 is 2.26 bits per heavy atom. The molecule has 0 fully saturated rings. The number of alkyl halides is 3. The number of amides is 3. The molecule has 0 radical (unpaired) electrons. The highest BCUT2D eigenvalue weighted by Gasteiger charge is 2.32. The zero-order chi connectivity index (χ0) is 17.9. The van der Waals surface area contributed by atoms with E-state index in [-0.39, 0.29) is 11.3 Å². The van der Waals surface area contributed by atoms with Crippen molar-refractivity contribution in [1.82, 2.24) is 5.32 Å². The highest BCUT2D eigenvalue weighted by Crippen LogP contribution is 2.32. The number of aryl methyl sites for hydroxylation is 1. The number of carbonyl (C=O) groups excluding carboxylic acids is 3. The van der Waals surface area contributed by atoms with E-state index in [2.05, 4.69) is 26.0 Å². The van der Waals surface area contributed by atoms with Gasteiger partial charge in [0.1, 0.15) is 0 Å². The number of rotatable bonds is 2. The molecule has 2 N–H and O–H groups in total. The molecular weight excluding hydrogens is 434 g/mol. The van der Waals surface area contributed by atoms with Crippen LogP contribution in [0.5, 0.6) is 0 Å².